The number of benzene rings is 1. The van der Waals surface area contributed by atoms with E-state index in [1.54, 1.807) is 0 Å². The largest absolute Gasteiger partial charge is 0.373 e. The second-order valence-corrected chi connectivity index (χ2v) is 7.10. The third-order valence-electron chi connectivity index (χ3n) is 4.90. The third-order valence-corrected chi connectivity index (χ3v) is 5.19. The van der Waals surface area contributed by atoms with Gasteiger partial charge in [-0.2, -0.15) is 5.10 Å². The molecule has 2 heterocycles. The van der Waals surface area contributed by atoms with Crippen molar-refractivity contribution in [2.45, 2.75) is 44.4 Å². The molecule has 1 saturated carbocycles. The quantitative estimate of drug-likeness (QED) is 0.806. The minimum Gasteiger partial charge on any atom is -0.373 e. The molecule has 0 unspecified atom stereocenters. The first-order valence-corrected chi connectivity index (χ1v) is 9.25. The zero-order chi connectivity index (χ0) is 17.2. The normalized spacial score (nSPS) is 23.4. The van der Waals surface area contributed by atoms with Crippen LogP contribution in [0.2, 0.25) is 0 Å². The Kier molecular flexibility index (Phi) is 4.67. The number of aromatic amines is 1. The summed E-state index contributed by atoms with van der Waals surface area (Å²) in [5.74, 6) is 0.645. The molecule has 2 fully saturated rings. The molecule has 6 nitrogen and oxygen atoms in total. The van der Waals surface area contributed by atoms with E-state index >= 15 is 0 Å². The molecule has 7 heteroatoms. The summed E-state index contributed by atoms with van der Waals surface area (Å²) in [6.07, 6.45) is 3.81. The van der Waals surface area contributed by atoms with Gasteiger partial charge in [0.1, 0.15) is 0 Å². The van der Waals surface area contributed by atoms with Gasteiger partial charge in [0.2, 0.25) is 5.91 Å². The van der Waals surface area contributed by atoms with Gasteiger partial charge in [0.05, 0.1) is 18.6 Å². The van der Waals surface area contributed by atoms with E-state index in [1.807, 2.05) is 34.9 Å². The van der Waals surface area contributed by atoms with Gasteiger partial charge in [-0.05, 0) is 43.5 Å². The Bertz CT molecular complexity index is 797. The first kappa shape index (κ1) is 16.5. The Morgan fingerprint density at radius 3 is 2.88 bits per heavy atom. The minimum atomic E-state index is -0.181. The predicted octanol–water partition coefficient (Wildman–Crippen LogP) is 3.06. The molecule has 1 aromatic carbocycles. The van der Waals surface area contributed by atoms with Gasteiger partial charge >= 0.3 is 0 Å². The van der Waals surface area contributed by atoms with Crippen molar-refractivity contribution in [2.24, 2.45) is 5.92 Å². The number of rotatable bonds is 5. The van der Waals surface area contributed by atoms with Crippen LogP contribution < -0.4 is 5.32 Å². The van der Waals surface area contributed by atoms with Gasteiger partial charge in [-0.25, -0.2) is 0 Å². The summed E-state index contributed by atoms with van der Waals surface area (Å²) in [5, 5.41) is 10.1. The second-order valence-electron chi connectivity index (χ2n) is 6.71. The molecule has 0 radical (unpaired) electrons. The molecule has 0 spiro atoms. The van der Waals surface area contributed by atoms with Crippen LogP contribution >= 0.6 is 12.2 Å². The van der Waals surface area contributed by atoms with Crippen LogP contribution in [0.3, 0.4) is 0 Å². The Labute approximate surface area is 151 Å². The van der Waals surface area contributed by atoms with Crippen molar-refractivity contribution in [3.05, 3.63) is 46.5 Å². The van der Waals surface area contributed by atoms with E-state index < -0.39 is 0 Å². The Hall–Kier alpha value is -1.99. The number of aromatic nitrogens is 3. The average Bonchev–Trinajstić information content (AvgIpc) is 3.43. The van der Waals surface area contributed by atoms with Crippen molar-refractivity contribution in [1.29, 1.82) is 0 Å². The van der Waals surface area contributed by atoms with Gasteiger partial charge in [0.25, 0.3) is 0 Å². The van der Waals surface area contributed by atoms with Crippen molar-refractivity contribution in [3.8, 4) is 0 Å². The summed E-state index contributed by atoms with van der Waals surface area (Å²) < 4.78 is 8.58. The lowest BCUT2D eigenvalue weighted by Crippen LogP contribution is -2.37. The lowest BCUT2D eigenvalue weighted by molar-refractivity contribution is -0.135. The van der Waals surface area contributed by atoms with Crippen LogP contribution in [0.25, 0.3) is 0 Å². The Morgan fingerprint density at radius 1 is 1.32 bits per heavy atom. The van der Waals surface area contributed by atoms with Gasteiger partial charge in [-0.15, -0.1) is 0 Å². The molecule has 2 atom stereocenters. The monoisotopic (exact) mass is 358 g/mol. The van der Waals surface area contributed by atoms with E-state index in [9.17, 15) is 4.79 Å². The van der Waals surface area contributed by atoms with Gasteiger partial charge in [0, 0.05) is 12.6 Å². The molecule has 2 N–H and O–H groups in total. The molecule has 4 rings (SSSR count). The molecule has 132 valence electrons. The molecule has 1 saturated heterocycles. The number of carbonyl (C=O) groups is 1. The zero-order valence-corrected chi connectivity index (χ0v) is 14.8. The van der Waals surface area contributed by atoms with Gasteiger partial charge in [-0.3, -0.25) is 14.5 Å². The summed E-state index contributed by atoms with van der Waals surface area (Å²) in [7, 11) is 0. The molecule has 1 amide bonds. The fourth-order valence-electron chi connectivity index (χ4n) is 3.49. The van der Waals surface area contributed by atoms with E-state index in [1.165, 1.54) is 0 Å². The van der Waals surface area contributed by atoms with Crippen LogP contribution in [-0.4, -0.2) is 27.3 Å². The molecular formula is C18H22N4O2S. The summed E-state index contributed by atoms with van der Waals surface area (Å²) in [5.41, 5.74) is 1.06. The summed E-state index contributed by atoms with van der Waals surface area (Å²) in [4.78, 5) is 12.8. The average molecular weight is 358 g/mol. The molecule has 1 aliphatic heterocycles. The molecule has 25 heavy (non-hydrogen) atoms. The number of H-pyrrole nitrogens is 1. The van der Waals surface area contributed by atoms with Crippen molar-refractivity contribution in [2.75, 3.05) is 6.61 Å². The van der Waals surface area contributed by atoms with Crippen molar-refractivity contribution in [1.82, 2.24) is 20.1 Å². The SMILES string of the molecule is O=C(NCc1n[nH]c(=S)n1C1CC1)[C@@H]1CCCO[C@H]1c1ccccc1. The van der Waals surface area contributed by atoms with E-state index in [0.717, 1.165) is 37.1 Å². The molecule has 2 aromatic rings. The molecule has 2 aliphatic rings. The number of carbonyl (C=O) groups excluding carboxylic acids is 1. The summed E-state index contributed by atoms with van der Waals surface area (Å²) in [6, 6.07) is 10.4. The van der Waals surface area contributed by atoms with Crippen LogP contribution in [0.5, 0.6) is 0 Å². The summed E-state index contributed by atoms with van der Waals surface area (Å²) >= 11 is 5.29. The maximum atomic E-state index is 12.8. The topological polar surface area (TPSA) is 71.9 Å². The number of hydrogen-bond donors (Lipinski definition) is 2. The molecule has 0 bridgehead atoms. The van der Waals surface area contributed by atoms with Crippen LogP contribution in [-0.2, 0) is 16.1 Å². The second kappa shape index (κ2) is 7.09. The predicted molar refractivity (Wildman–Crippen MR) is 95.4 cm³/mol. The highest BCUT2D eigenvalue weighted by atomic mass is 32.1. The number of nitrogens with one attached hydrogen (secondary N) is 2. The lowest BCUT2D eigenvalue weighted by Gasteiger charge is -2.31. The van der Waals surface area contributed by atoms with Crippen LogP contribution in [0.4, 0.5) is 0 Å². The van der Waals surface area contributed by atoms with Gasteiger partial charge in [0.15, 0.2) is 10.6 Å². The number of nitrogens with zero attached hydrogens (tertiary/aromatic N) is 2. The number of hydrogen-bond acceptors (Lipinski definition) is 4. The van der Waals surface area contributed by atoms with Gasteiger partial charge in [-0.1, -0.05) is 30.3 Å². The highest BCUT2D eigenvalue weighted by Gasteiger charge is 2.33. The Balaban J connectivity index is 1.45. The van der Waals surface area contributed by atoms with E-state index in [-0.39, 0.29) is 17.9 Å². The fraction of sp³-hybridized carbons (Fsp3) is 0.500. The van der Waals surface area contributed by atoms with Crippen molar-refractivity contribution >= 4 is 18.1 Å². The smallest absolute Gasteiger partial charge is 0.226 e. The maximum absolute atomic E-state index is 12.8. The van der Waals surface area contributed by atoms with Crippen LogP contribution in [0, 0.1) is 10.7 Å². The number of ether oxygens (including phenoxy) is 1. The Morgan fingerprint density at radius 2 is 2.12 bits per heavy atom. The zero-order valence-electron chi connectivity index (χ0n) is 14.0. The molecular weight excluding hydrogens is 336 g/mol. The third kappa shape index (κ3) is 3.52. The van der Waals surface area contributed by atoms with Crippen molar-refractivity contribution < 1.29 is 9.53 Å². The maximum Gasteiger partial charge on any atom is 0.226 e. The van der Waals surface area contributed by atoms with E-state index in [4.69, 9.17) is 17.0 Å². The first-order valence-electron chi connectivity index (χ1n) is 8.84. The van der Waals surface area contributed by atoms with Crippen LogP contribution in [0.1, 0.15) is 49.2 Å². The van der Waals surface area contributed by atoms with E-state index in [0.29, 0.717) is 24.0 Å². The standard InChI is InChI=1S/C18H22N4O2S/c23-17(19-11-15-20-21-18(25)22(15)13-8-9-13)14-7-4-10-24-16(14)12-5-2-1-3-6-12/h1-3,5-6,13-14,16H,4,7-11H2,(H,19,23)(H,21,25)/t14-,16+/m1/s1. The number of amides is 1. The van der Waals surface area contributed by atoms with Crippen molar-refractivity contribution in [3.63, 3.8) is 0 Å². The summed E-state index contributed by atoms with van der Waals surface area (Å²) in [6.45, 7) is 1.09. The fourth-order valence-corrected chi connectivity index (χ4v) is 3.79. The van der Waals surface area contributed by atoms with Crippen LogP contribution in [0.15, 0.2) is 30.3 Å². The lowest BCUT2D eigenvalue weighted by atomic mass is 9.89. The minimum absolute atomic E-state index is 0.0184. The molecule has 1 aromatic heterocycles. The highest BCUT2D eigenvalue weighted by Crippen LogP contribution is 2.36. The van der Waals surface area contributed by atoms with E-state index in [2.05, 4.69) is 15.5 Å². The highest BCUT2D eigenvalue weighted by molar-refractivity contribution is 7.71. The molecule has 1 aliphatic carbocycles. The first-order chi connectivity index (χ1) is 12.2. The van der Waals surface area contributed by atoms with Gasteiger partial charge < -0.3 is 10.1 Å².